The molecule has 4 nitrogen and oxygen atoms in total. The highest BCUT2D eigenvalue weighted by atomic mass is 19.4. The van der Waals surface area contributed by atoms with Crippen LogP contribution >= 0.6 is 0 Å². The fraction of sp³-hybridized carbons (Fsp3) is 0.208. The van der Waals surface area contributed by atoms with Crippen LogP contribution < -0.4 is 4.90 Å². The molecule has 9 heteroatoms. The van der Waals surface area contributed by atoms with Crippen molar-refractivity contribution in [3.63, 3.8) is 0 Å². The SMILES string of the molecule is O=C1O[C@@H](COCc2ccc(F)cc2)[C@H](c2cccc(F)c2)N1c1ccc(C(F)(F)F)cc1. The largest absolute Gasteiger partial charge is 0.441 e. The molecule has 1 aliphatic rings. The maximum atomic E-state index is 13.9. The predicted octanol–water partition coefficient (Wildman–Crippen LogP) is 6.27. The molecule has 0 saturated carbocycles. The van der Waals surface area contributed by atoms with Gasteiger partial charge < -0.3 is 9.47 Å². The van der Waals surface area contributed by atoms with Gasteiger partial charge in [-0.1, -0.05) is 24.3 Å². The van der Waals surface area contributed by atoms with Gasteiger partial charge in [0.1, 0.15) is 17.7 Å². The highest BCUT2D eigenvalue weighted by Crippen LogP contribution is 2.39. The molecule has 4 rings (SSSR count). The molecule has 1 aliphatic heterocycles. The van der Waals surface area contributed by atoms with Gasteiger partial charge in [0.2, 0.25) is 0 Å². The summed E-state index contributed by atoms with van der Waals surface area (Å²) >= 11 is 0. The van der Waals surface area contributed by atoms with Crippen LogP contribution in [0.25, 0.3) is 0 Å². The van der Waals surface area contributed by atoms with Gasteiger partial charge in [-0.2, -0.15) is 13.2 Å². The summed E-state index contributed by atoms with van der Waals surface area (Å²) in [6.07, 6.45) is -6.18. The average Bonchev–Trinajstić information content (AvgIpc) is 3.10. The number of ether oxygens (including phenoxy) is 2. The Hall–Kier alpha value is -3.46. The summed E-state index contributed by atoms with van der Waals surface area (Å²) in [7, 11) is 0. The maximum absolute atomic E-state index is 13.9. The number of anilines is 1. The van der Waals surface area contributed by atoms with Gasteiger partial charge in [-0.25, -0.2) is 13.6 Å². The number of amides is 1. The first-order valence-corrected chi connectivity index (χ1v) is 9.97. The number of carbonyl (C=O) groups is 1. The Morgan fingerprint density at radius 1 is 0.909 bits per heavy atom. The Balaban J connectivity index is 1.59. The Morgan fingerprint density at radius 3 is 2.24 bits per heavy atom. The van der Waals surface area contributed by atoms with Gasteiger partial charge in [0, 0.05) is 5.69 Å². The molecule has 1 fully saturated rings. The van der Waals surface area contributed by atoms with Crippen LogP contribution in [0.5, 0.6) is 0 Å². The van der Waals surface area contributed by atoms with Gasteiger partial charge in [0.15, 0.2) is 6.10 Å². The minimum atomic E-state index is -4.53. The second kappa shape index (κ2) is 9.19. The zero-order valence-corrected chi connectivity index (χ0v) is 17.1. The van der Waals surface area contributed by atoms with E-state index in [9.17, 15) is 26.7 Å². The van der Waals surface area contributed by atoms with Crippen molar-refractivity contribution in [2.45, 2.75) is 24.9 Å². The first-order chi connectivity index (χ1) is 15.7. The zero-order valence-electron chi connectivity index (χ0n) is 17.1. The highest BCUT2D eigenvalue weighted by Gasteiger charge is 2.44. The zero-order chi connectivity index (χ0) is 23.6. The molecule has 0 spiro atoms. The molecule has 172 valence electrons. The minimum absolute atomic E-state index is 0.0680. The molecule has 0 radical (unpaired) electrons. The molecule has 0 unspecified atom stereocenters. The van der Waals surface area contributed by atoms with Gasteiger partial charge in [0.25, 0.3) is 0 Å². The second-order valence-corrected chi connectivity index (χ2v) is 7.48. The lowest BCUT2D eigenvalue weighted by Crippen LogP contribution is -2.31. The molecule has 0 N–H and O–H groups in total. The second-order valence-electron chi connectivity index (χ2n) is 7.48. The van der Waals surface area contributed by atoms with Gasteiger partial charge >= 0.3 is 12.3 Å². The van der Waals surface area contributed by atoms with E-state index in [-0.39, 0.29) is 24.7 Å². The van der Waals surface area contributed by atoms with E-state index in [1.807, 2.05) is 0 Å². The Bertz CT molecular complexity index is 1120. The van der Waals surface area contributed by atoms with Gasteiger partial charge in [0.05, 0.1) is 18.8 Å². The van der Waals surface area contributed by atoms with Crippen molar-refractivity contribution in [2.24, 2.45) is 0 Å². The molecule has 0 bridgehead atoms. The van der Waals surface area contributed by atoms with E-state index in [0.29, 0.717) is 11.1 Å². The third kappa shape index (κ3) is 5.14. The van der Waals surface area contributed by atoms with Crippen molar-refractivity contribution in [3.8, 4) is 0 Å². The number of carbonyl (C=O) groups excluding carboxylic acids is 1. The fourth-order valence-electron chi connectivity index (χ4n) is 3.66. The third-order valence-electron chi connectivity index (χ3n) is 5.21. The molecule has 3 aromatic carbocycles. The van der Waals surface area contributed by atoms with E-state index in [1.165, 1.54) is 35.2 Å². The summed E-state index contributed by atoms with van der Waals surface area (Å²) in [6.45, 7) is 0.0475. The number of benzene rings is 3. The molecule has 3 aromatic rings. The van der Waals surface area contributed by atoms with Crippen LogP contribution in [0.2, 0.25) is 0 Å². The Labute approximate surface area is 186 Å². The summed E-state index contributed by atoms with van der Waals surface area (Å²) in [4.78, 5) is 13.9. The molecule has 0 aromatic heterocycles. The van der Waals surface area contributed by atoms with Crippen molar-refractivity contribution >= 4 is 11.8 Å². The first-order valence-electron chi connectivity index (χ1n) is 9.97. The monoisotopic (exact) mass is 463 g/mol. The summed E-state index contributed by atoms with van der Waals surface area (Å²) in [6, 6.07) is 14.4. The van der Waals surface area contributed by atoms with Crippen molar-refractivity contribution < 1.29 is 36.2 Å². The van der Waals surface area contributed by atoms with Gasteiger partial charge in [-0.15, -0.1) is 0 Å². The van der Waals surface area contributed by atoms with E-state index >= 15 is 0 Å². The molecule has 1 heterocycles. The van der Waals surface area contributed by atoms with Crippen molar-refractivity contribution in [1.29, 1.82) is 0 Å². The Morgan fingerprint density at radius 2 is 1.61 bits per heavy atom. The standard InChI is InChI=1S/C24H18F5NO3/c25-18-8-4-15(5-9-18)13-32-14-21-22(16-2-1-3-19(26)12-16)30(23(31)33-21)20-10-6-17(7-11-20)24(27,28)29/h1-12,21-22H,13-14H2/t21-,22-/m0/s1. The molecule has 1 saturated heterocycles. The van der Waals surface area contributed by atoms with Crippen LogP contribution in [0.15, 0.2) is 72.8 Å². The van der Waals surface area contributed by atoms with Crippen molar-refractivity contribution in [2.75, 3.05) is 11.5 Å². The van der Waals surface area contributed by atoms with E-state index in [0.717, 1.165) is 24.3 Å². The van der Waals surface area contributed by atoms with Crippen molar-refractivity contribution in [1.82, 2.24) is 0 Å². The lowest BCUT2D eigenvalue weighted by Gasteiger charge is -2.25. The summed E-state index contributed by atoms with van der Waals surface area (Å²) in [5, 5.41) is 0. The number of rotatable bonds is 6. The van der Waals surface area contributed by atoms with Crippen LogP contribution in [0.4, 0.5) is 32.4 Å². The topological polar surface area (TPSA) is 38.8 Å². The molecule has 33 heavy (non-hydrogen) atoms. The lowest BCUT2D eigenvalue weighted by atomic mass is 10.00. The summed E-state index contributed by atoms with van der Waals surface area (Å²) < 4.78 is 76.9. The minimum Gasteiger partial charge on any atom is -0.441 e. The van der Waals surface area contributed by atoms with Gasteiger partial charge in [-0.3, -0.25) is 4.90 Å². The number of hydrogen-bond acceptors (Lipinski definition) is 3. The van der Waals surface area contributed by atoms with Crippen LogP contribution in [0, 0.1) is 11.6 Å². The predicted molar refractivity (Wildman–Crippen MR) is 109 cm³/mol. The molecule has 2 atom stereocenters. The Kier molecular flexibility index (Phi) is 6.33. The molecule has 1 amide bonds. The first kappa shape index (κ1) is 22.7. The maximum Gasteiger partial charge on any atom is 0.416 e. The van der Waals surface area contributed by atoms with E-state index in [2.05, 4.69) is 0 Å². The van der Waals surface area contributed by atoms with Crippen LogP contribution in [-0.4, -0.2) is 18.8 Å². The van der Waals surface area contributed by atoms with Crippen LogP contribution in [0.1, 0.15) is 22.7 Å². The molecular weight excluding hydrogens is 445 g/mol. The van der Waals surface area contributed by atoms with E-state index < -0.39 is 35.8 Å². The number of nitrogens with zero attached hydrogens (tertiary/aromatic N) is 1. The fourth-order valence-corrected chi connectivity index (χ4v) is 3.66. The molecule has 0 aliphatic carbocycles. The number of halogens is 5. The smallest absolute Gasteiger partial charge is 0.416 e. The molecular formula is C24H18F5NO3. The van der Waals surface area contributed by atoms with Crippen molar-refractivity contribution in [3.05, 3.63) is 101 Å². The van der Waals surface area contributed by atoms with Crippen LogP contribution in [0.3, 0.4) is 0 Å². The van der Waals surface area contributed by atoms with Crippen LogP contribution in [-0.2, 0) is 22.3 Å². The summed E-state index contributed by atoms with van der Waals surface area (Å²) in [5.74, 6) is -0.924. The summed E-state index contributed by atoms with van der Waals surface area (Å²) in [5.41, 5.74) is 0.405. The normalized spacial score (nSPS) is 18.5. The van der Waals surface area contributed by atoms with Gasteiger partial charge in [-0.05, 0) is 59.7 Å². The number of alkyl halides is 3. The lowest BCUT2D eigenvalue weighted by molar-refractivity contribution is -0.137. The highest BCUT2D eigenvalue weighted by molar-refractivity contribution is 5.91. The quantitative estimate of drug-likeness (QED) is 0.405. The number of cyclic esters (lactones) is 1. The average molecular weight is 463 g/mol. The van der Waals surface area contributed by atoms with E-state index in [4.69, 9.17) is 9.47 Å². The number of hydrogen-bond donors (Lipinski definition) is 0. The third-order valence-corrected chi connectivity index (χ3v) is 5.21. The van der Waals surface area contributed by atoms with E-state index in [1.54, 1.807) is 18.2 Å².